The Labute approximate surface area is 197 Å². The third kappa shape index (κ3) is 5.64. The van der Waals surface area contributed by atoms with Gasteiger partial charge in [-0.15, -0.1) is 0 Å². The van der Waals surface area contributed by atoms with Gasteiger partial charge in [-0.3, -0.25) is 14.9 Å². The molecule has 0 atom stereocenters. The highest BCUT2D eigenvalue weighted by Crippen LogP contribution is 2.21. The van der Waals surface area contributed by atoms with Crippen molar-refractivity contribution in [3.63, 3.8) is 0 Å². The van der Waals surface area contributed by atoms with E-state index in [4.69, 9.17) is 4.74 Å². The number of ether oxygens (including phenoxy) is 1. The highest BCUT2D eigenvalue weighted by atomic mass is 32.2. The summed E-state index contributed by atoms with van der Waals surface area (Å²) in [5, 5.41) is 15.6. The molecule has 0 unspecified atom stereocenters. The maximum Gasteiger partial charge on any atom is 0.350 e. The molecule has 10 nitrogen and oxygen atoms in total. The Hall–Kier alpha value is -4.51. The van der Waals surface area contributed by atoms with Crippen LogP contribution in [0.25, 0.3) is 11.0 Å². The summed E-state index contributed by atoms with van der Waals surface area (Å²) in [4.78, 5) is 42.3. The summed E-state index contributed by atoms with van der Waals surface area (Å²) in [5.74, 6) is -0.774. The number of esters is 1. The summed E-state index contributed by atoms with van der Waals surface area (Å²) in [6.07, 6.45) is 1.44. The second kappa shape index (κ2) is 10.4. The zero-order chi connectivity index (χ0) is 23.9. The van der Waals surface area contributed by atoms with E-state index in [1.54, 1.807) is 12.1 Å². The van der Waals surface area contributed by atoms with E-state index in [0.29, 0.717) is 10.7 Å². The summed E-state index contributed by atoms with van der Waals surface area (Å²) < 4.78 is 5.22. The second-order valence-electron chi connectivity index (χ2n) is 6.87. The average Bonchev–Trinajstić information content (AvgIpc) is 3.27. The van der Waals surface area contributed by atoms with Gasteiger partial charge in [0.1, 0.15) is 11.3 Å². The number of aromatic nitrogens is 2. The highest BCUT2D eigenvalue weighted by molar-refractivity contribution is 7.99. The van der Waals surface area contributed by atoms with Gasteiger partial charge in [0.05, 0.1) is 27.9 Å². The van der Waals surface area contributed by atoms with Crippen LogP contribution in [0.4, 0.5) is 5.69 Å². The molecule has 34 heavy (non-hydrogen) atoms. The summed E-state index contributed by atoms with van der Waals surface area (Å²) in [6, 6.07) is 19.4. The minimum Gasteiger partial charge on any atom is -0.423 e. The van der Waals surface area contributed by atoms with E-state index in [9.17, 15) is 19.7 Å². The van der Waals surface area contributed by atoms with Crippen LogP contribution < -0.4 is 10.2 Å². The molecule has 4 rings (SSSR count). The van der Waals surface area contributed by atoms with E-state index in [-0.39, 0.29) is 28.7 Å². The molecule has 0 aliphatic carbocycles. The Morgan fingerprint density at radius 1 is 1.09 bits per heavy atom. The van der Waals surface area contributed by atoms with Crippen molar-refractivity contribution in [2.45, 2.75) is 5.16 Å². The molecule has 0 fully saturated rings. The maximum atomic E-state index is 12.3. The number of nitro groups is 1. The third-order valence-electron chi connectivity index (χ3n) is 4.52. The third-order valence-corrected chi connectivity index (χ3v) is 5.40. The number of nitrogens with zero attached hydrogens (tertiary/aromatic N) is 3. The van der Waals surface area contributed by atoms with Gasteiger partial charge in [-0.05, 0) is 48.0 Å². The van der Waals surface area contributed by atoms with Crippen molar-refractivity contribution in [2.24, 2.45) is 5.10 Å². The smallest absolute Gasteiger partial charge is 0.350 e. The molecule has 0 aliphatic rings. The van der Waals surface area contributed by atoms with E-state index in [1.165, 1.54) is 54.4 Å². The van der Waals surface area contributed by atoms with Gasteiger partial charge in [0.2, 0.25) is 0 Å². The number of aromatic amines is 1. The summed E-state index contributed by atoms with van der Waals surface area (Å²) in [7, 11) is 0. The minimum absolute atomic E-state index is 0.137. The molecule has 0 saturated carbocycles. The fourth-order valence-corrected chi connectivity index (χ4v) is 3.61. The molecule has 0 saturated heterocycles. The van der Waals surface area contributed by atoms with Crippen LogP contribution in [-0.2, 0) is 4.79 Å². The molecule has 2 N–H and O–H groups in total. The van der Waals surface area contributed by atoms with E-state index >= 15 is 0 Å². The van der Waals surface area contributed by atoms with Crippen LogP contribution in [0, 0.1) is 10.1 Å². The lowest BCUT2D eigenvalue weighted by atomic mass is 10.2. The number of para-hydroxylation sites is 3. The van der Waals surface area contributed by atoms with Gasteiger partial charge >= 0.3 is 5.97 Å². The molecule has 1 amide bonds. The van der Waals surface area contributed by atoms with Crippen LogP contribution in [0.1, 0.15) is 15.9 Å². The minimum atomic E-state index is -0.831. The summed E-state index contributed by atoms with van der Waals surface area (Å²) in [6.45, 7) is 0. The van der Waals surface area contributed by atoms with Crippen molar-refractivity contribution in [3.05, 3.63) is 94.0 Å². The highest BCUT2D eigenvalue weighted by Gasteiger charge is 2.21. The largest absolute Gasteiger partial charge is 0.423 e. The molecule has 0 bridgehead atoms. The van der Waals surface area contributed by atoms with Crippen LogP contribution >= 0.6 is 11.8 Å². The first kappa shape index (κ1) is 22.7. The van der Waals surface area contributed by atoms with Gasteiger partial charge in [-0.25, -0.2) is 15.2 Å². The first-order chi connectivity index (χ1) is 16.5. The number of hydrazone groups is 1. The van der Waals surface area contributed by atoms with Crippen LogP contribution in [0.2, 0.25) is 0 Å². The van der Waals surface area contributed by atoms with Gasteiger partial charge < -0.3 is 9.72 Å². The number of nitrogens with one attached hydrogen (secondary N) is 2. The predicted molar refractivity (Wildman–Crippen MR) is 127 cm³/mol. The number of fused-ring (bicyclic) bond motifs is 1. The van der Waals surface area contributed by atoms with Crippen molar-refractivity contribution in [1.29, 1.82) is 0 Å². The number of hydrogen-bond donors (Lipinski definition) is 2. The quantitative estimate of drug-likeness (QED) is 0.0982. The molecule has 0 spiro atoms. The molecule has 1 heterocycles. The number of benzene rings is 3. The van der Waals surface area contributed by atoms with Crippen molar-refractivity contribution in [3.8, 4) is 5.75 Å². The Kier molecular flexibility index (Phi) is 6.94. The standard InChI is InChI=1S/C23H17N5O5S/c29-21(14-34-23-25-18-6-2-3-7-19(18)26-23)27-24-13-15-9-11-16(12-10-15)33-22(30)17-5-1-4-8-20(17)28(31)32/h1-13H,14H2,(H,25,26)(H,27,29)/b24-13-. The zero-order valence-electron chi connectivity index (χ0n) is 17.5. The van der Waals surface area contributed by atoms with E-state index in [0.717, 1.165) is 11.0 Å². The topological polar surface area (TPSA) is 140 Å². The molecule has 4 aromatic rings. The molecule has 0 aliphatic heterocycles. The predicted octanol–water partition coefficient (Wildman–Crippen LogP) is 3.93. The van der Waals surface area contributed by atoms with Crippen molar-refractivity contribution < 1.29 is 19.2 Å². The fourth-order valence-electron chi connectivity index (χ4n) is 2.93. The van der Waals surface area contributed by atoms with Crippen molar-refractivity contribution >= 4 is 46.6 Å². The number of thioether (sulfide) groups is 1. The number of nitro benzene ring substituents is 1. The number of H-pyrrole nitrogens is 1. The number of rotatable bonds is 8. The van der Waals surface area contributed by atoms with Crippen LogP contribution in [0.5, 0.6) is 5.75 Å². The van der Waals surface area contributed by atoms with Gasteiger partial charge in [-0.2, -0.15) is 5.10 Å². The Morgan fingerprint density at radius 3 is 2.59 bits per heavy atom. The van der Waals surface area contributed by atoms with Crippen LogP contribution in [0.15, 0.2) is 83.1 Å². The van der Waals surface area contributed by atoms with Crippen LogP contribution in [-0.4, -0.2) is 38.7 Å². The lowest BCUT2D eigenvalue weighted by molar-refractivity contribution is -0.385. The number of amides is 1. The van der Waals surface area contributed by atoms with E-state index < -0.39 is 10.9 Å². The number of hydrogen-bond acceptors (Lipinski definition) is 8. The molecule has 170 valence electrons. The normalized spacial score (nSPS) is 10.9. The lowest BCUT2D eigenvalue weighted by Gasteiger charge is -2.05. The fraction of sp³-hybridized carbons (Fsp3) is 0.0435. The Balaban J connectivity index is 1.27. The van der Waals surface area contributed by atoms with Gasteiger partial charge in [0.25, 0.3) is 11.6 Å². The van der Waals surface area contributed by atoms with E-state index in [2.05, 4.69) is 20.5 Å². The summed E-state index contributed by atoms with van der Waals surface area (Å²) >= 11 is 1.27. The van der Waals surface area contributed by atoms with Gasteiger partial charge in [0.15, 0.2) is 5.16 Å². The van der Waals surface area contributed by atoms with E-state index in [1.807, 2.05) is 24.3 Å². The zero-order valence-corrected chi connectivity index (χ0v) is 18.3. The van der Waals surface area contributed by atoms with Crippen molar-refractivity contribution in [1.82, 2.24) is 15.4 Å². The molecule has 3 aromatic carbocycles. The van der Waals surface area contributed by atoms with Crippen LogP contribution in [0.3, 0.4) is 0 Å². The second-order valence-corrected chi connectivity index (χ2v) is 7.84. The summed E-state index contributed by atoms with van der Waals surface area (Å²) in [5.41, 5.74) is 4.36. The van der Waals surface area contributed by atoms with Gasteiger partial charge in [0, 0.05) is 6.07 Å². The first-order valence-electron chi connectivity index (χ1n) is 9.95. The number of carbonyl (C=O) groups is 2. The maximum absolute atomic E-state index is 12.3. The van der Waals surface area contributed by atoms with Gasteiger partial charge in [-0.1, -0.05) is 36.0 Å². The number of imidazole rings is 1. The Morgan fingerprint density at radius 2 is 1.82 bits per heavy atom. The Bertz CT molecular complexity index is 1350. The first-order valence-corrected chi connectivity index (χ1v) is 10.9. The monoisotopic (exact) mass is 475 g/mol. The SMILES string of the molecule is O=C(CSc1nc2ccccc2[nH]1)N/N=C\c1ccc(OC(=O)c2ccccc2[N+](=O)[O-])cc1. The molecule has 0 radical (unpaired) electrons. The lowest BCUT2D eigenvalue weighted by Crippen LogP contribution is -2.19. The molecule has 11 heteroatoms. The molecular weight excluding hydrogens is 458 g/mol. The average molecular weight is 475 g/mol. The van der Waals surface area contributed by atoms with Crippen molar-refractivity contribution in [2.75, 3.05) is 5.75 Å². The molecule has 1 aromatic heterocycles. The number of carbonyl (C=O) groups excluding carboxylic acids is 2. The molecular formula is C23H17N5O5S.